The second-order valence-corrected chi connectivity index (χ2v) is 6.21. The molecule has 1 aromatic carbocycles. The van der Waals surface area contributed by atoms with Gasteiger partial charge in [-0.25, -0.2) is 4.39 Å². The van der Waals surface area contributed by atoms with Gasteiger partial charge in [-0.05, 0) is 62.8 Å². The third kappa shape index (κ3) is 4.67. The van der Waals surface area contributed by atoms with Gasteiger partial charge in [-0.2, -0.15) is 0 Å². The fraction of sp³-hybridized carbons (Fsp3) is 0.647. The van der Waals surface area contributed by atoms with Gasteiger partial charge in [0, 0.05) is 17.7 Å². The van der Waals surface area contributed by atoms with Crippen molar-refractivity contribution in [1.29, 1.82) is 0 Å². The van der Waals surface area contributed by atoms with Gasteiger partial charge in [-0.3, -0.25) is 0 Å². The van der Waals surface area contributed by atoms with Crippen molar-refractivity contribution in [3.63, 3.8) is 0 Å². The molecule has 0 saturated carbocycles. The zero-order valence-corrected chi connectivity index (χ0v) is 13.7. The average Bonchev–Trinajstić information content (AvgIpc) is 2.48. The minimum Gasteiger partial charge on any atom is -0.378 e. The van der Waals surface area contributed by atoms with Crippen LogP contribution in [-0.2, 0) is 4.74 Å². The largest absolute Gasteiger partial charge is 0.378 e. The van der Waals surface area contributed by atoms with E-state index in [4.69, 9.17) is 16.3 Å². The third-order valence-electron chi connectivity index (χ3n) is 4.16. The van der Waals surface area contributed by atoms with E-state index in [0.717, 1.165) is 38.0 Å². The van der Waals surface area contributed by atoms with Gasteiger partial charge < -0.3 is 10.1 Å². The molecule has 2 nitrogen and oxygen atoms in total. The lowest BCUT2D eigenvalue weighted by molar-refractivity contribution is 0.00856. The SMILES string of the molecule is CCNC(CCC1CCCCO1)c1cc(C)c(F)cc1Cl. The van der Waals surface area contributed by atoms with Gasteiger partial charge in [-0.1, -0.05) is 24.6 Å². The molecular weight excluding hydrogens is 289 g/mol. The number of nitrogens with one attached hydrogen (secondary N) is 1. The molecule has 118 valence electrons. The zero-order valence-electron chi connectivity index (χ0n) is 12.9. The van der Waals surface area contributed by atoms with Crippen molar-refractivity contribution in [1.82, 2.24) is 5.32 Å². The molecule has 1 aliphatic rings. The summed E-state index contributed by atoms with van der Waals surface area (Å²) in [5, 5.41) is 3.97. The lowest BCUT2D eigenvalue weighted by Crippen LogP contribution is -2.25. The molecule has 0 spiro atoms. The summed E-state index contributed by atoms with van der Waals surface area (Å²) in [7, 11) is 0. The van der Waals surface area contributed by atoms with Crippen LogP contribution in [0.25, 0.3) is 0 Å². The van der Waals surface area contributed by atoms with Crippen molar-refractivity contribution in [2.24, 2.45) is 0 Å². The Labute approximate surface area is 132 Å². The van der Waals surface area contributed by atoms with Crippen LogP contribution in [0.2, 0.25) is 5.02 Å². The van der Waals surface area contributed by atoms with Crippen LogP contribution in [0, 0.1) is 12.7 Å². The Morgan fingerprint density at radius 2 is 2.24 bits per heavy atom. The smallest absolute Gasteiger partial charge is 0.127 e. The highest BCUT2D eigenvalue weighted by Gasteiger charge is 2.20. The van der Waals surface area contributed by atoms with Crippen molar-refractivity contribution in [2.75, 3.05) is 13.2 Å². The molecule has 1 aromatic rings. The molecule has 0 aliphatic carbocycles. The standard InChI is InChI=1S/C17H25ClFNO/c1-3-20-17(8-7-13-6-4-5-9-21-13)14-10-12(2)16(19)11-15(14)18/h10-11,13,17,20H,3-9H2,1-2H3. The molecule has 0 amide bonds. The van der Waals surface area contributed by atoms with Crippen molar-refractivity contribution >= 4 is 11.6 Å². The van der Waals surface area contributed by atoms with Gasteiger partial charge in [0.05, 0.1) is 6.10 Å². The summed E-state index contributed by atoms with van der Waals surface area (Å²) < 4.78 is 19.4. The van der Waals surface area contributed by atoms with Crippen molar-refractivity contribution in [3.05, 3.63) is 34.1 Å². The monoisotopic (exact) mass is 313 g/mol. The maximum atomic E-state index is 13.6. The van der Waals surface area contributed by atoms with Crippen LogP contribution in [0.4, 0.5) is 4.39 Å². The second kappa shape index (κ2) is 8.11. The van der Waals surface area contributed by atoms with Gasteiger partial charge in [-0.15, -0.1) is 0 Å². The van der Waals surface area contributed by atoms with Gasteiger partial charge in [0.1, 0.15) is 5.82 Å². The molecule has 2 rings (SSSR count). The first kappa shape index (κ1) is 16.7. The Balaban J connectivity index is 2.05. The highest BCUT2D eigenvalue weighted by atomic mass is 35.5. The first-order valence-electron chi connectivity index (χ1n) is 7.92. The highest BCUT2D eigenvalue weighted by Crippen LogP contribution is 2.30. The maximum Gasteiger partial charge on any atom is 0.127 e. The van der Waals surface area contributed by atoms with E-state index < -0.39 is 0 Å². The Bertz CT molecular complexity index is 460. The number of benzene rings is 1. The summed E-state index contributed by atoms with van der Waals surface area (Å²) in [6, 6.07) is 3.45. The predicted octanol–water partition coefficient (Wildman–Crippen LogP) is 4.79. The van der Waals surface area contributed by atoms with E-state index in [9.17, 15) is 4.39 Å². The minimum atomic E-state index is -0.241. The van der Waals surface area contributed by atoms with Gasteiger partial charge in [0.2, 0.25) is 0 Å². The highest BCUT2D eigenvalue weighted by molar-refractivity contribution is 6.31. The van der Waals surface area contributed by atoms with Crippen LogP contribution in [0.5, 0.6) is 0 Å². The van der Waals surface area contributed by atoms with E-state index in [0.29, 0.717) is 16.7 Å². The molecule has 0 radical (unpaired) electrons. The average molecular weight is 314 g/mol. The molecule has 0 bridgehead atoms. The Morgan fingerprint density at radius 3 is 2.90 bits per heavy atom. The van der Waals surface area contributed by atoms with E-state index in [1.807, 2.05) is 6.07 Å². The van der Waals surface area contributed by atoms with E-state index in [1.54, 1.807) is 6.92 Å². The van der Waals surface area contributed by atoms with Crippen LogP contribution in [0.1, 0.15) is 56.2 Å². The fourth-order valence-electron chi connectivity index (χ4n) is 2.95. The molecule has 2 atom stereocenters. The minimum absolute atomic E-state index is 0.160. The lowest BCUT2D eigenvalue weighted by Gasteiger charge is -2.26. The molecule has 21 heavy (non-hydrogen) atoms. The molecule has 1 aliphatic heterocycles. The number of halogens is 2. The van der Waals surface area contributed by atoms with E-state index in [2.05, 4.69) is 12.2 Å². The first-order valence-corrected chi connectivity index (χ1v) is 8.30. The molecule has 4 heteroatoms. The van der Waals surface area contributed by atoms with E-state index in [-0.39, 0.29) is 11.9 Å². The number of hydrogen-bond donors (Lipinski definition) is 1. The molecule has 1 fully saturated rings. The summed E-state index contributed by atoms with van der Waals surface area (Å²) in [5.74, 6) is -0.241. The predicted molar refractivity (Wildman–Crippen MR) is 85.4 cm³/mol. The normalized spacial score (nSPS) is 20.5. The number of ether oxygens (including phenoxy) is 1. The molecular formula is C17H25ClFNO. The van der Waals surface area contributed by atoms with Crippen molar-refractivity contribution in [2.45, 2.75) is 58.1 Å². The van der Waals surface area contributed by atoms with E-state index in [1.165, 1.54) is 18.9 Å². The van der Waals surface area contributed by atoms with Crippen LogP contribution >= 0.6 is 11.6 Å². The fourth-order valence-corrected chi connectivity index (χ4v) is 3.23. The molecule has 0 aromatic heterocycles. The molecule has 1 heterocycles. The van der Waals surface area contributed by atoms with Gasteiger partial charge in [0.25, 0.3) is 0 Å². The summed E-state index contributed by atoms with van der Waals surface area (Å²) in [6.45, 7) is 5.60. The molecule has 1 saturated heterocycles. The summed E-state index contributed by atoms with van der Waals surface area (Å²) in [5.41, 5.74) is 1.64. The summed E-state index contributed by atoms with van der Waals surface area (Å²) >= 11 is 6.24. The summed E-state index contributed by atoms with van der Waals surface area (Å²) in [6.07, 6.45) is 5.92. The molecule has 2 unspecified atom stereocenters. The van der Waals surface area contributed by atoms with Crippen LogP contribution in [0.3, 0.4) is 0 Å². The van der Waals surface area contributed by atoms with Crippen molar-refractivity contribution < 1.29 is 9.13 Å². The quantitative estimate of drug-likeness (QED) is 0.815. The zero-order chi connectivity index (χ0) is 15.2. The van der Waals surface area contributed by atoms with Gasteiger partial charge in [0.15, 0.2) is 0 Å². The Kier molecular flexibility index (Phi) is 6.46. The Morgan fingerprint density at radius 1 is 1.43 bits per heavy atom. The number of hydrogen-bond acceptors (Lipinski definition) is 2. The second-order valence-electron chi connectivity index (χ2n) is 5.80. The van der Waals surface area contributed by atoms with Crippen LogP contribution in [-0.4, -0.2) is 19.3 Å². The van der Waals surface area contributed by atoms with Crippen LogP contribution < -0.4 is 5.32 Å². The first-order chi connectivity index (χ1) is 10.1. The molecule has 1 N–H and O–H groups in total. The lowest BCUT2D eigenvalue weighted by atomic mass is 9.96. The number of aryl methyl sites for hydroxylation is 1. The summed E-state index contributed by atoms with van der Waals surface area (Å²) in [4.78, 5) is 0. The van der Waals surface area contributed by atoms with Crippen molar-refractivity contribution in [3.8, 4) is 0 Å². The third-order valence-corrected chi connectivity index (χ3v) is 4.48. The van der Waals surface area contributed by atoms with Crippen LogP contribution in [0.15, 0.2) is 12.1 Å². The number of rotatable bonds is 6. The van der Waals surface area contributed by atoms with Gasteiger partial charge >= 0.3 is 0 Å². The van der Waals surface area contributed by atoms with E-state index >= 15 is 0 Å². The Hall–Kier alpha value is -0.640. The topological polar surface area (TPSA) is 21.3 Å². The maximum absolute atomic E-state index is 13.6.